The average Bonchev–Trinajstić information content (AvgIpc) is 2.96. The van der Waals surface area contributed by atoms with E-state index in [0.717, 1.165) is 25.7 Å². The van der Waals surface area contributed by atoms with E-state index >= 15 is 0 Å². The molecule has 7 heteroatoms. The Balaban J connectivity index is 1.98. The van der Waals surface area contributed by atoms with Crippen LogP contribution in [0.2, 0.25) is 0 Å². The Labute approximate surface area is 133 Å². The molecular weight excluding hydrogens is 304 g/mol. The van der Waals surface area contributed by atoms with Crippen LogP contribution in [0.4, 0.5) is 9.80 Å². The van der Waals surface area contributed by atoms with Gasteiger partial charge in [-0.25, -0.2) is 4.79 Å². The van der Waals surface area contributed by atoms with Crippen molar-refractivity contribution in [2.75, 3.05) is 11.9 Å². The molecule has 6 nitrogen and oxygen atoms in total. The molecule has 1 fully saturated rings. The fourth-order valence-electron chi connectivity index (χ4n) is 2.49. The molecule has 2 N–H and O–H groups in total. The average molecular weight is 324 g/mol. The lowest BCUT2D eigenvalue weighted by atomic mass is 9.89. The molecule has 1 aromatic heterocycles. The topological polar surface area (TPSA) is 84.5 Å². The third-order valence-corrected chi connectivity index (χ3v) is 4.44. The van der Waals surface area contributed by atoms with Crippen LogP contribution in [0.25, 0.3) is 0 Å². The van der Waals surface area contributed by atoms with Gasteiger partial charge in [0, 0.05) is 5.92 Å². The molecule has 0 spiro atoms. The lowest BCUT2D eigenvalue weighted by Crippen LogP contribution is -2.32. The Kier molecular flexibility index (Phi) is 5.94. The predicted molar refractivity (Wildman–Crippen MR) is 84.0 cm³/mol. The number of thiophene rings is 1. The summed E-state index contributed by atoms with van der Waals surface area (Å²) in [5, 5.41) is 7.12. The zero-order valence-corrected chi connectivity index (χ0v) is 13.3. The van der Waals surface area contributed by atoms with Crippen LogP contribution in [0.3, 0.4) is 0 Å². The van der Waals surface area contributed by atoms with Gasteiger partial charge >= 0.3 is 6.09 Å². The molecule has 1 aromatic rings. The second-order valence-electron chi connectivity index (χ2n) is 5.16. The lowest BCUT2D eigenvalue weighted by Gasteiger charge is -2.20. The maximum absolute atomic E-state index is 12.2. The van der Waals surface area contributed by atoms with Crippen molar-refractivity contribution in [3.05, 3.63) is 17.0 Å². The largest absolute Gasteiger partial charge is 0.450 e. The van der Waals surface area contributed by atoms with Gasteiger partial charge in [0.15, 0.2) is 0 Å². The SMILES string of the molecule is CCOC(=O)NC(=O)c1ccsc1NC(=O)C1CCCCC1. The Hall–Kier alpha value is -1.89. The molecule has 0 saturated heterocycles. The molecule has 1 heterocycles. The molecule has 1 aliphatic rings. The number of alkyl carbamates (subject to hydrolysis) is 1. The van der Waals surface area contributed by atoms with Crippen molar-refractivity contribution in [3.8, 4) is 0 Å². The number of carbonyl (C=O) groups excluding carboxylic acids is 3. The second-order valence-corrected chi connectivity index (χ2v) is 6.08. The van der Waals surface area contributed by atoms with E-state index in [9.17, 15) is 14.4 Å². The minimum absolute atomic E-state index is 0.0109. The molecule has 0 aromatic carbocycles. The fourth-order valence-corrected chi connectivity index (χ4v) is 3.28. The van der Waals surface area contributed by atoms with Gasteiger partial charge in [0.25, 0.3) is 5.91 Å². The van der Waals surface area contributed by atoms with E-state index in [2.05, 4.69) is 15.4 Å². The molecule has 0 radical (unpaired) electrons. The maximum Gasteiger partial charge on any atom is 0.414 e. The Morgan fingerprint density at radius 2 is 2.00 bits per heavy atom. The molecule has 0 unspecified atom stereocenters. The van der Waals surface area contributed by atoms with Gasteiger partial charge in [0.05, 0.1) is 12.2 Å². The highest BCUT2D eigenvalue weighted by atomic mass is 32.1. The van der Waals surface area contributed by atoms with E-state index in [4.69, 9.17) is 0 Å². The number of hydrogen-bond acceptors (Lipinski definition) is 5. The van der Waals surface area contributed by atoms with Crippen LogP contribution in [0.5, 0.6) is 0 Å². The first-order chi connectivity index (χ1) is 10.6. The zero-order chi connectivity index (χ0) is 15.9. The summed E-state index contributed by atoms with van der Waals surface area (Å²) in [5.74, 6) is -0.609. The Morgan fingerprint density at radius 1 is 1.27 bits per heavy atom. The van der Waals surface area contributed by atoms with E-state index in [1.54, 1.807) is 18.4 Å². The van der Waals surface area contributed by atoms with Crippen molar-refractivity contribution < 1.29 is 19.1 Å². The van der Waals surface area contributed by atoms with E-state index < -0.39 is 12.0 Å². The zero-order valence-electron chi connectivity index (χ0n) is 12.5. The summed E-state index contributed by atoms with van der Waals surface area (Å²) in [4.78, 5) is 35.5. The van der Waals surface area contributed by atoms with Gasteiger partial charge in [-0.05, 0) is 31.2 Å². The summed E-state index contributed by atoms with van der Waals surface area (Å²) < 4.78 is 4.67. The minimum atomic E-state index is -0.789. The molecule has 0 bridgehead atoms. The first kappa shape index (κ1) is 16.5. The highest BCUT2D eigenvalue weighted by molar-refractivity contribution is 7.14. The number of ether oxygens (including phenoxy) is 1. The number of rotatable bonds is 4. The van der Waals surface area contributed by atoms with Gasteiger partial charge < -0.3 is 10.1 Å². The number of nitrogens with one attached hydrogen (secondary N) is 2. The van der Waals surface area contributed by atoms with Crippen LogP contribution in [-0.2, 0) is 9.53 Å². The summed E-state index contributed by atoms with van der Waals surface area (Å²) in [5.41, 5.74) is 0.280. The van der Waals surface area contributed by atoms with Crippen molar-refractivity contribution in [3.63, 3.8) is 0 Å². The van der Waals surface area contributed by atoms with Crippen molar-refractivity contribution in [2.45, 2.75) is 39.0 Å². The monoisotopic (exact) mass is 324 g/mol. The molecule has 0 atom stereocenters. The minimum Gasteiger partial charge on any atom is -0.450 e. The van der Waals surface area contributed by atoms with E-state index in [0.29, 0.717) is 5.00 Å². The third-order valence-electron chi connectivity index (χ3n) is 3.61. The van der Waals surface area contributed by atoms with Crippen LogP contribution in [0.1, 0.15) is 49.4 Å². The smallest absolute Gasteiger partial charge is 0.414 e. The van der Waals surface area contributed by atoms with Gasteiger partial charge in [-0.1, -0.05) is 19.3 Å². The quantitative estimate of drug-likeness (QED) is 0.891. The number of anilines is 1. The fraction of sp³-hybridized carbons (Fsp3) is 0.533. The first-order valence-corrected chi connectivity index (χ1v) is 8.36. The summed E-state index contributed by atoms with van der Waals surface area (Å²) >= 11 is 1.27. The van der Waals surface area contributed by atoms with Gasteiger partial charge in [-0.3, -0.25) is 14.9 Å². The van der Waals surface area contributed by atoms with Gasteiger partial charge in [0.1, 0.15) is 5.00 Å². The number of hydrogen-bond donors (Lipinski definition) is 2. The van der Waals surface area contributed by atoms with Gasteiger partial charge in [-0.2, -0.15) is 0 Å². The van der Waals surface area contributed by atoms with Crippen LogP contribution in [0, 0.1) is 5.92 Å². The highest BCUT2D eigenvalue weighted by Gasteiger charge is 2.23. The molecule has 3 amide bonds. The Morgan fingerprint density at radius 3 is 2.68 bits per heavy atom. The molecule has 0 aliphatic heterocycles. The van der Waals surface area contributed by atoms with Gasteiger partial charge in [0.2, 0.25) is 5.91 Å². The molecule has 22 heavy (non-hydrogen) atoms. The third kappa shape index (κ3) is 4.30. The first-order valence-electron chi connectivity index (χ1n) is 7.48. The molecule has 2 rings (SSSR count). The second kappa shape index (κ2) is 7.93. The van der Waals surface area contributed by atoms with Crippen LogP contribution < -0.4 is 10.6 Å². The summed E-state index contributed by atoms with van der Waals surface area (Å²) in [6, 6.07) is 1.58. The van der Waals surface area contributed by atoms with E-state index in [-0.39, 0.29) is 24.0 Å². The number of amides is 3. The number of imide groups is 1. The Bertz CT molecular complexity index is 549. The molecule has 120 valence electrons. The normalized spacial score (nSPS) is 15.1. The van der Waals surface area contributed by atoms with Crippen molar-refractivity contribution in [1.29, 1.82) is 0 Å². The summed E-state index contributed by atoms with van der Waals surface area (Å²) in [6.45, 7) is 1.85. The highest BCUT2D eigenvalue weighted by Crippen LogP contribution is 2.28. The maximum atomic E-state index is 12.2. The van der Waals surface area contributed by atoms with E-state index in [1.807, 2.05) is 0 Å². The standard InChI is InChI=1S/C15H20N2O4S/c1-2-21-15(20)17-13(19)11-8-9-22-14(11)16-12(18)10-6-4-3-5-7-10/h8-10H,2-7H2,1H3,(H,16,18)(H,17,19,20). The summed E-state index contributed by atoms with van der Waals surface area (Å²) in [7, 11) is 0. The van der Waals surface area contributed by atoms with Crippen molar-refractivity contribution >= 4 is 34.2 Å². The molecular formula is C15H20N2O4S. The number of carbonyl (C=O) groups is 3. The molecule has 1 aliphatic carbocycles. The van der Waals surface area contributed by atoms with Crippen molar-refractivity contribution in [1.82, 2.24) is 5.32 Å². The van der Waals surface area contributed by atoms with Crippen LogP contribution in [0.15, 0.2) is 11.4 Å². The molecule has 1 saturated carbocycles. The van der Waals surface area contributed by atoms with Crippen molar-refractivity contribution in [2.24, 2.45) is 5.92 Å². The lowest BCUT2D eigenvalue weighted by molar-refractivity contribution is -0.120. The van der Waals surface area contributed by atoms with Gasteiger partial charge in [-0.15, -0.1) is 11.3 Å². The van der Waals surface area contributed by atoms with Crippen LogP contribution in [-0.4, -0.2) is 24.5 Å². The van der Waals surface area contributed by atoms with E-state index in [1.165, 1.54) is 17.8 Å². The predicted octanol–water partition coefficient (Wildman–Crippen LogP) is 3.15. The van der Waals surface area contributed by atoms with Crippen LogP contribution >= 0.6 is 11.3 Å². The summed E-state index contributed by atoms with van der Waals surface area (Å²) in [6.07, 6.45) is 4.31.